The van der Waals surface area contributed by atoms with Gasteiger partial charge < -0.3 is 10.2 Å². The smallest absolute Gasteiger partial charge is 0.196 e. The number of benzene rings is 2. The maximum atomic E-state index is 12.7. The van der Waals surface area contributed by atoms with E-state index in [2.05, 4.69) is 0 Å². The quantitative estimate of drug-likeness (QED) is 0.666. The molecule has 1 aromatic heterocycles. The minimum absolute atomic E-state index is 0.0895. The molecule has 20 heavy (non-hydrogen) atoms. The molecule has 0 unspecified atom stereocenters. The van der Waals surface area contributed by atoms with E-state index in [0.717, 1.165) is 5.56 Å². The van der Waals surface area contributed by atoms with E-state index in [1.54, 1.807) is 18.2 Å². The molecule has 0 bridgehead atoms. The Balaban J connectivity index is 2.59. The minimum atomic E-state index is -0.0895. The number of phenols is 2. The highest BCUT2D eigenvalue weighted by molar-refractivity contribution is 7.24. The Bertz CT molecular complexity index is 878. The fraction of sp³-hybridized carbons (Fsp3) is 0.188. The van der Waals surface area contributed by atoms with E-state index in [1.165, 1.54) is 17.4 Å². The maximum absolute atomic E-state index is 12.7. The van der Waals surface area contributed by atoms with Crippen molar-refractivity contribution >= 4 is 31.5 Å². The zero-order valence-electron chi connectivity index (χ0n) is 11.2. The van der Waals surface area contributed by atoms with Gasteiger partial charge in [0.15, 0.2) is 5.43 Å². The van der Waals surface area contributed by atoms with Gasteiger partial charge in [0.25, 0.3) is 0 Å². The molecule has 2 aromatic carbocycles. The fourth-order valence-electron chi connectivity index (χ4n) is 2.43. The van der Waals surface area contributed by atoms with Crippen LogP contribution >= 0.6 is 11.3 Å². The Morgan fingerprint density at radius 3 is 2.55 bits per heavy atom. The molecule has 0 saturated heterocycles. The van der Waals surface area contributed by atoms with E-state index in [9.17, 15) is 15.0 Å². The number of aromatic hydroxyl groups is 2. The SMILES string of the molecule is CC(C)c1ccc(O)c2sc3cc(O)ccc3c(=O)c12. The number of hydrogen-bond donors (Lipinski definition) is 2. The van der Waals surface area contributed by atoms with Crippen LogP contribution in [-0.2, 0) is 0 Å². The largest absolute Gasteiger partial charge is 0.508 e. The van der Waals surface area contributed by atoms with Crippen molar-refractivity contribution in [2.45, 2.75) is 19.8 Å². The van der Waals surface area contributed by atoms with Gasteiger partial charge in [0.05, 0.1) is 4.70 Å². The summed E-state index contributed by atoms with van der Waals surface area (Å²) in [7, 11) is 0. The van der Waals surface area contributed by atoms with Crippen molar-refractivity contribution in [2.75, 3.05) is 0 Å². The lowest BCUT2D eigenvalue weighted by molar-refractivity contribution is 0.476. The molecule has 2 N–H and O–H groups in total. The first-order valence-electron chi connectivity index (χ1n) is 6.40. The molecule has 1 heterocycles. The summed E-state index contributed by atoms with van der Waals surface area (Å²) in [4.78, 5) is 12.7. The van der Waals surface area contributed by atoms with Crippen molar-refractivity contribution in [1.29, 1.82) is 0 Å². The third-order valence-corrected chi connectivity index (χ3v) is 4.62. The Morgan fingerprint density at radius 2 is 1.85 bits per heavy atom. The van der Waals surface area contributed by atoms with Gasteiger partial charge in [-0.1, -0.05) is 19.9 Å². The van der Waals surface area contributed by atoms with Gasteiger partial charge in [-0.25, -0.2) is 0 Å². The second-order valence-electron chi connectivity index (χ2n) is 5.14. The highest BCUT2D eigenvalue weighted by atomic mass is 32.1. The lowest BCUT2D eigenvalue weighted by Gasteiger charge is -2.11. The molecule has 0 spiro atoms. The highest BCUT2D eigenvalue weighted by Gasteiger charge is 2.15. The lowest BCUT2D eigenvalue weighted by atomic mass is 9.98. The second kappa shape index (κ2) is 4.49. The molecule has 3 nitrogen and oxygen atoms in total. The zero-order chi connectivity index (χ0) is 14.4. The van der Waals surface area contributed by atoms with Crippen LogP contribution in [0.1, 0.15) is 25.3 Å². The number of hydrogen-bond acceptors (Lipinski definition) is 4. The summed E-state index contributed by atoms with van der Waals surface area (Å²) in [5.41, 5.74) is 0.849. The van der Waals surface area contributed by atoms with Crippen LogP contribution < -0.4 is 5.43 Å². The van der Waals surface area contributed by atoms with Gasteiger partial charge in [-0.15, -0.1) is 11.3 Å². The van der Waals surface area contributed by atoms with Crippen LogP contribution in [0.25, 0.3) is 20.2 Å². The van der Waals surface area contributed by atoms with Crippen molar-refractivity contribution in [3.05, 3.63) is 46.1 Å². The molecule has 102 valence electrons. The van der Waals surface area contributed by atoms with Crippen LogP contribution in [0.3, 0.4) is 0 Å². The predicted octanol–water partition coefficient (Wildman–Crippen LogP) is 3.95. The van der Waals surface area contributed by atoms with Gasteiger partial charge in [-0.3, -0.25) is 4.79 Å². The summed E-state index contributed by atoms with van der Waals surface area (Å²) < 4.78 is 1.26. The summed E-state index contributed by atoms with van der Waals surface area (Å²) in [5.74, 6) is 0.427. The zero-order valence-corrected chi connectivity index (χ0v) is 12.0. The standard InChI is InChI=1S/C16H14O3S/c1-8(2)10-5-6-12(18)16-14(10)15(19)11-4-3-9(17)7-13(11)20-16/h3-8,17-18H,1-2H3. The molecule has 3 rings (SSSR count). The highest BCUT2D eigenvalue weighted by Crippen LogP contribution is 2.36. The molecule has 0 amide bonds. The van der Waals surface area contributed by atoms with Crippen molar-refractivity contribution in [3.63, 3.8) is 0 Å². The first-order valence-corrected chi connectivity index (χ1v) is 7.22. The Labute approximate surface area is 119 Å². The van der Waals surface area contributed by atoms with E-state index in [-0.39, 0.29) is 22.8 Å². The predicted molar refractivity (Wildman–Crippen MR) is 83.0 cm³/mol. The van der Waals surface area contributed by atoms with Gasteiger partial charge in [0, 0.05) is 15.5 Å². The molecular weight excluding hydrogens is 272 g/mol. The van der Waals surface area contributed by atoms with Crippen LogP contribution in [0, 0.1) is 0 Å². The van der Waals surface area contributed by atoms with Gasteiger partial charge >= 0.3 is 0 Å². The monoisotopic (exact) mass is 286 g/mol. The summed E-state index contributed by atoms with van der Waals surface area (Å²) in [5, 5.41) is 20.8. The molecule has 3 aromatic rings. The summed E-state index contributed by atoms with van der Waals surface area (Å²) in [6.07, 6.45) is 0. The van der Waals surface area contributed by atoms with Crippen LogP contribution in [0.2, 0.25) is 0 Å². The molecule has 0 atom stereocenters. The first-order chi connectivity index (χ1) is 9.49. The van der Waals surface area contributed by atoms with E-state index in [4.69, 9.17) is 0 Å². The molecule has 4 heteroatoms. The molecule has 0 saturated carbocycles. The topological polar surface area (TPSA) is 57.5 Å². The van der Waals surface area contributed by atoms with Gasteiger partial charge in [0.1, 0.15) is 11.5 Å². The normalized spacial score (nSPS) is 11.6. The maximum Gasteiger partial charge on any atom is 0.196 e. The first kappa shape index (κ1) is 12.9. The van der Waals surface area contributed by atoms with Crippen molar-refractivity contribution in [3.8, 4) is 11.5 Å². The van der Waals surface area contributed by atoms with Crippen LogP contribution in [0.4, 0.5) is 0 Å². The lowest BCUT2D eigenvalue weighted by Crippen LogP contribution is -2.05. The third kappa shape index (κ3) is 1.84. The second-order valence-corrected chi connectivity index (χ2v) is 6.20. The Hall–Kier alpha value is -2.07. The number of fused-ring (bicyclic) bond motifs is 2. The molecule has 0 aliphatic rings. The van der Waals surface area contributed by atoms with Crippen molar-refractivity contribution < 1.29 is 10.2 Å². The van der Waals surface area contributed by atoms with E-state index >= 15 is 0 Å². The average molecular weight is 286 g/mol. The molecular formula is C16H14O3S. The van der Waals surface area contributed by atoms with E-state index in [0.29, 0.717) is 20.2 Å². The minimum Gasteiger partial charge on any atom is -0.508 e. The van der Waals surface area contributed by atoms with Crippen LogP contribution in [0.15, 0.2) is 35.1 Å². The average Bonchev–Trinajstić information content (AvgIpc) is 2.39. The van der Waals surface area contributed by atoms with Crippen LogP contribution in [0.5, 0.6) is 11.5 Å². The Kier molecular flexibility index (Phi) is 2.91. The number of rotatable bonds is 1. The van der Waals surface area contributed by atoms with Gasteiger partial charge in [-0.2, -0.15) is 0 Å². The van der Waals surface area contributed by atoms with Gasteiger partial charge in [0.2, 0.25) is 0 Å². The molecule has 0 aliphatic carbocycles. The molecule has 0 fully saturated rings. The van der Waals surface area contributed by atoms with Gasteiger partial charge in [-0.05, 0) is 35.7 Å². The fourth-order valence-corrected chi connectivity index (χ4v) is 3.59. The number of phenolic OH excluding ortho intramolecular Hbond substituents is 2. The molecule has 0 radical (unpaired) electrons. The van der Waals surface area contributed by atoms with Crippen LogP contribution in [-0.4, -0.2) is 10.2 Å². The third-order valence-electron chi connectivity index (χ3n) is 3.44. The summed E-state index contributed by atoms with van der Waals surface area (Å²) in [6, 6.07) is 8.14. The summed E-state index contributed by atoms with van der Waals surface area (Å²) >= 11 is 1.33. The van der Waals surface area contributed by atoms with Crippen molar-refractivity contribution in [2.24, 2.45) is 0 Å². The van der Waals surface area contributed by atoms with Crippen molar-refractivity contribution in [1.82, 2.24) is 0 Å². The Morgan fingerprint density at radius 1 is 1.10 bits per heavy atom. The van der Waals surface area contributed by atoms with E-state index < -0.39 is 0 Å². The van der Waals surface area contributed by atoms with E-state index in [1.807, 2.05) is 19.9 Å². The molecule has 0 aliphatic heterocycles. The summed E-state index contributed by atoms with van der Waals surface area (Å²) in [6.45, 7) is 4.05.